The average molecular weight is 337 g/mol. The molecule has 0 heterocycles. The van der Waals surface area contributed by atoms with Crippen LogP contribution >= 0.6 is 0 Å². The highest BCUT2D eigenvalue weighted by Crippen LogP contribution is 2.19. The molecule has 0 bridgehead atoms. The number of rotatable bonds is 5. The molecule has 1 aromatic rings. The van der Waals surface area contributed by atoms with E-state index in [1.807, 2.05) is 0 Å². The summed E-state index contributed by atoms with van der Waals surface area (Å²) in [6.45, 7) is 3.75. The summed E-state index contributed by atoms with van der Waals surface area (Å²) in [6, 6.07) is 8.84. The summed E-state index contributed by atoms with van der Waals surface area (Å²) in [4.78, 5) is 0. The number of benzene rings is 1. The first kappa shape index (κ1) is 17.9. The maximum absolute atomic E-state index is 12.5. The molecule has 0 aliphatic heterocycles. The first-order valence-electron chi connectivity index (χ1n) is 6.22. The molecule has 0 saturated carbocycles. The van der Waals surface area contributed by atoms with Crippen LogP contribution in [0.15, 0.2) is 39.8 Å². The molecule has 3 nitrogen and oxygen atoms in total. The smallest absolute Gasteiger partial charge is 0.273 e. The van der Waals surface area contributed by atoms with E-state index in [0.717, 1.165) is 5.41 Å². The van der Waals surface area contributed by atoms with E-state index < -0.39 is 31.0 Å². The third-order valence-electron chi connectivity index (χ3n) is 2.02. The highest BCUT2D eigenvalue weighted by Gasteiger charge is 2.30. The maximum atomic E-state index is 12.5. The third-order valence-corrected chi connectivity index (χ3v) is 6.17. The van der Waals surface area contributed by atoms with Gasteiger partial charge in [-0.05, 0) is 31.3 Å². The van der Waals surface area contributed by atoms with E-state index in [2.05, 4.69) is 8.21 Å². The molecule has 1 unspecified atom stereocenters. The molecule has 0 N–H and O–H groups in total. The van der Waals surface area contributed by atoms with Gasteiger partial charge in [0.25, 0.3) is 0 Å². The second kappa shape index (κ2) is 6.76. The number of nitrogens with zero attached hydrogens (tertiary/aromatic N) is 1. The van der Waals surface area contributed by atoms with Crippen molar-refractivity contribution in [2.24, 2.45) is 4.03 Å². The molecule has 0 saturated heterocycles. The fourth-order valence-electron chi connectivity index (χ4n) is 1.36. The van der Waals surface area contributed by atoms with Crippen molar-refractivity contribution in [1.82, 2.24) is 0 Å². The molecule has 0 radical (unpaired) electrons. The Labute approximate surface area is 124 Å². The van der Waals surface area contributed by atoms with Gasteiger partial charge in [-0.3, -0.25) is 8.21 Å². The molecule has 118 valence electrons. The normalized spacial score (nSPS) is 15.9. The molecular weight excluding hydrogens is 319 g/mol. The zero-order valence-electron chi connectivity index (χ0n) is 12.1. The monoisotopic (exact) mass is 337 g/mol. The second-order valence-corrected chi connectivity index (χ2v) is 12.0. The predicted molar refractivity (Wildman–Crippen MR) is 81.4 cm³/mol. The predicted octanol–water partition coefficient (Wildman–Crippen LogP) is 4.45. The Kier molecular flexibility index (Phi) is 5.77. The van der Waals surface area contributed by atoms with Gasteiger partial charge in [0.05, 0.1) is 0 Å². The van der Waals surface area contributed by atoms with E-state index in [1.165, 1.54) is 6.08 Å². The number of halogens is 3. The van der Waals surface area contributed by atoms with Crippen LogP contribution in [0.1, 0.15) is 5.56 Å². The fraction of sp³-hybridized carbons (Fsp3) is 0.385. The van der Waals surface area contributed by atoms with E-state index in [4.69, 9.17) is 0 Å². The Morgan fingerprint density at radius 1 is 1.24 bits per heavy atom. The second-order valence-electron chi connectivity index (χ2n) is 5.37. The summed E-state index contributed by atoms with van der Waals surface area (Å²) in [7, 11) is -5.71. The Morgan fingerprint density at radius 3 is 2.29 bits per heavy atom. The van der Waals surface area contributed by atoms with Gasteiger partial charge < -0.3 is 0 Å². The van der Waals surface area contributed by atoms with E-state index >= 15 is 0 Å². The summed E-state index contributed by atoms with van der Waals surface area (Å²) >= 11 is 0. The van der Waals surface area contributed by atoms with Gasteiger partial charge in [0.1, 0.15) is 0 Å². The third kappa shape index (κ3) is 8.03. The van der Waals surface area contributed by atoms with Crippen molar-refractivity contribution in [3.63, 3.8) is 0 Å². The van der Waals surface area contributed by atoms with Crippen molar-refractivity contribution >= 4 is 24.3 Å². The highest BCUT2D eigenvalue weighted by molar-refractivity contribution is 7.92. The lowest BCUT2D eigenvalue weighted by molar-refractivity contribution is -0.151. The topological polar surface area (TPSA) is 38.7 Å². The van der Waals surface area contributed by atoms with Gasteiger partial charge in [-0.25, -0.2) is 4.21 Å². The molecule has 0 spiro atoms. The Hall–Kier alpha value is -1.12. The van der Waals surface area contributed by atoms with Crippen molar-refractivity contribution in [2.75, 3.05) is 6.61 Å². The van der Waals surface area contributed by atoms with Crippen LogP contribution in [0.2, 0.25) is 19.6 Å². The molecule has 8 heteroatoms. The summed E-state index contributed by atoms with van der Waals surface area (Å²) in [5.74, 6) is 0. The van der Waals surface area contributed by atoms with E-state index in [1.54, 1.807) is 50.0 Å². The van der Waals surface area contributed by atoms with Crippen LogP contribution in [0.5, 0.6) is 0 Å². The minimum absolute atomic E-state index is 0.714. The Balaban J connectivity index is 3.06. The minimum atomic E-state index is -4.54. The minimum Gasteiger partial charge on any atom is -0.273 e. The standard InChI is InChI=1S/C13H18F3NO2SSi/c1-21(2,3)17-20(18,19-11-13(14,15)16)10-9-12-7-5-4-6-8-12/h4-10H,11H2,1-3H3. The van der Waals surface area contributed by atoms with Gasteiger partial charge in [0.15, 0.2) is 24.9 Å². The fourth-order valence-corrected chi connectivity index (χ4v) is 5.58. The average Bonchev–Trinajstić information content (AvgIpc) is 2.33. The van der Waals surface area contributed by atoms with Crippen molar-refractivity contribution in [3.05, 3.63) is 41.3 Å². The van der Waals surface area contributed by atoms with Crippen LogP contribution in [0, 0.1) is 0 Å². The molecule has 0 amide bonds. The van der Waals surface area contributed by atoms with Crippen LogP contribution in [-0.2, 0) is 14.2 Å². The lowest BCUT2D eigenvalue weighted by atomic mass is 10.2. The summed E-state index contributed by atoms with van der Waals surface area (Å²) < 4.78 is 57.9. The highest BCUT2D eigenvalue weighted by atomic mass is 32.2. The maximum Gasteiger partial charge on any atom is 0.413 e. The SMILES string of the molecule is C[Si](C)(C)N=S(=O)(C=Cc1ccccc1)OCC(F)(F)F. The molecule has 0 aliphatic carbocycles. The summed E-state index contributed by atoms with van der Waals surface area (Å²) in [5.41, 5.74) is 0.714. The van der Waals surface area contributed by atoms with Crippen molar-refractivity contribution in [1.29, 1.82) is 0 Å². The van der Waals surface area contributed by atoms with Gasteiger partial charge in [0, 0.05) is 5.41 Å². The number of alkyl halides is 3. The number of hydrogen-bond donors (Lipinski definition) is 0. The van der Waals surface area contributed by atoms with Crippen molar-refractivity contribution in [3.8, 4) is 0 Å². The van der Waals surface area contributed by atoms with Gasteiger partial charge in [-0.15, -0.1) is 0 Å². The van der Waals surface area contributed by atoms with Gasteiger partial charge in [0.2, 0.25) is 0 Å². The van der Waals surface area contributed by atoms with E-state index in [0.29, 0.717) is 5.56 Å². The molecule has 0 fully saturated rings. The molecule has 1 rings (SSSR count). The zero-order chi connectivity index (χ0) is 16.1. The van der Waals surface area contributed by atoms with Gasteiger partial charge in [-0.1, -0.05) is 30.3 Å². The first-order valence-corrected chi connectivity index (χ1v) is 11.2. The van der Waals surface area contributed by atoms with Crippen LogP contribution in [0.25, 0.3) is 6.08 Å². The van der Waals surface area contributed by atoms with Crippen LogP contribution in [0.3, 0.4) is 0 Å². The first-order chi connectivity index (χ1) is 9.49. The molecule has 0 aromatic heterocycles. The lowest BCUT2D eigenvalue weighted by Gasteiger charge is -2.15. The summed E-state index contributed by atoms with van der Waals surface area (Å²) in [5, 5.41) is 1.12. The van der Waals surface area contributed by atoms with Crippen LogP contribution < -0.4 is 0 Å². The van der Waals surface area contributed by atoms with Crippen LogP contribution in [0.4, 0.5) is 13.2 Å². The zero-order valence-corrected chi connectivity index (χ0v) is 13.9. The molecular formula is C13H18F3NO2SSi. The van der Waals surface area contributed by atoms with Crippen molar-refractivity contribution < 1.29 is 21.6 Å². The lowest BCUT2D eigenvalue weighted by Crippen LogP contribution is -2.24. The molecule has 0 aliphatic rings. The number of hydrogen-bond acceptors (Lipinski definition) is 3. The Morgan fingerprint density at radius 2 is 1.81 bits per heavy atom. The van der Waals surface area contributed by atoms with E-state index in [-0.39, 0.29) is 0 Å². The molecule has 21 heavy (non-hydrogen) atoms. The largest absolute Gasteiger partial charge is 0.413 e. The van der Waals surface area contributed by atoms with Crippen molar-refractivity contribution in [2.45, 2.75) is 25.8 Å². The van der Waals surface area contributed by atoms with Gasteiger partial charge >= 0.3 is 6.18 Å². The molecule has 1 aromatic carbocycles. The summed E-state index contributed by atoms with van der Waals surface area (Å²) in [6.07, 6.45) is -3.08. The quantitative estimate of drug-likeness (QED) is 0.744. The molecule has 1 atom stereocenters. The van der Waals surface area contributed by atoms with Crippen LogP contribution in [-0.4, -0.2) is 25.2 Å². The van der Waals surface area contributed by atoms with Gasteiger partial charge in [-0.2, -0.15) is 13.2 Å². The Bertz CT molecular complexity index is 600. The van der Waals surface area contributed by atoms with E-state index in [9.17, 15) is 17.4 Å².